The monoisotopic (exact) mass is 538 g/mol. The minimum absolute atomic E-state index is 0.120. The fourth-order valence-electron chi connectivity index (χ4n) is 4.86. The summed E-state index contributed by atoms with van der Waals surface area (Å²) in [5, 5.41) is 21.2. The molecule has 9 heteroatoms. The minimum Gasteiger partial charge on any atom is -0.494 e. The first-order chi connectivity index (χ1) is 18.4. The molecule has 8 nitrogen and oxygen atoms in total. The van der Waals surface area contributed by atoms with Gasteiger partial charge in [-0.1, -0.05) is 0 Å². The number of rotatable bonds is 9. The molecule has 0 unspecified atom stereocenters. The zero-order valence-electron chi connectivity index (χ0n) is 21.9. The molecule has 0 saturated carbocycles. The van der Waals surface area contributed by atoms with Gasteiger partial charge in [-0.3, -0.25) is 4.79 Å². The van der Waals surface area contributed by atoms with Crippen molar-refractivity contribution in [2.45, 2.75) is 57.4 Å². The minimum atomic E-state index is -0.681. The van der Waals surface area contributed by atoms with E-state index in [0.29, 0.717) is 46.6 Å². The summed E-state index contributed by atoms with van der Waals surface area (Å²) in [5.74, 6) is 1.85. The highest BCUT2D eigenvalue weighted by Gasteiger charge is 2.33. The number of nitrogens with zero attached hydrogens (tertiary/aromatic N) is 2. The van der Waals surface area contributed by atoms with Gasteiger partial charge >= 0.3 is 0 Å². The second-order valence-corrected chi connectivity index (χ2v) is 10.8. The van der Waals surface area contributed by atoms with Crippen LogP contribution in [0.15, 0.2) is 51.7 Å². The Morgan fingerprint density at radius 2 is 1.89 bits per heavy atom. The molecule has 0 aromatic heterocycles. The third-order valence-electron chi connectivity index (χ3n) is 7.06. The van der Waals surface area contributed by atoms with Crippen LogP contribution in [0.2, 0.25) is 0 Å². The summed E-state index contributed by atoms with van der Waals surface area (Å²) in [6, 6.07) is 12.9. The largest absolute Gasteiger partial charge is 0.494 e. The van der Waals surface area contributed by atoms with Crippen molar-refractivity contribution in [1.29, 1.82) is 0 Å². The van der Waals surface area contributed by atoms with E-state index in [2.05, 4.69) is 18.7 Å². The molecule has 2 heterocycles. The second-order valence-electron chi connectivity index (χ2n) is 9.62. The van der Waals surface area contributed by atoms with Gasteiger partial charge in [0.2, 0.25) is 0 Å². The van der Waals surface area contributed by atoms with Gasteiger partial charge in [-0.25, -0.2) is 4.98 Å². The highest BCUT2D eigenvalue weighted by molar-refractivity contribution is 7.99. The molecule has 4 atom stereocenters. The zero-order valence-corrected chi connectivity index (χ0v) is 22.7. The second kappa shape index (κ2) is 11.5. The van der Waals surface area contributed by atoms with Gasteiger partial charge < -0.3 is 29.0 Å². The van der Waals surface area contributed by atoms with Crippen LogP contribution in [0.4, 0.5) is 5.69 Å². The van der Waals surface area contributed by atoms with Gasteiger partial charge in [0.15, 0.2) is 16.8 Å². The highest BCUT2D eigenvalue weighted by Crippen LogP contribution is 2.33. The van der Waals surface area contributed by atoms with E-state index in [1.807, 2.05) is 31.2 Å². The molecule has 38 heavy (non-hydrogen) atoms. The Morgan fingerprint density at radius 1 is 1.08 bits per heavy atom. The van der Waals surface area contributed by atoms with Crippen molar-refractivity contribution in [3.05, 3.63) is 52.7 Å². The molecule has 2 N–H and O–H groups in total. The Labute approximate surface area is 225 Å². The molecule has 2 aromatic carbocycles. The number of aliphatic hydroxyl groups excluding tert-OH is 2. The fraction of sp³-hybridized carbons (Fsp3) is 0.448. The lowest BCUT2D eigenvalue weighted by atomic mass is 10.0. The van der Waals surface area contributed by atoms with Gasteiger partial charge in [0.25, 0.3) is 0 Å². The fourth-order valence-corrected chi connectivity index (χ4v) is 5.96. The number of thioether (sulfide) groups is 1. The van der Waals surface area contributed by atoms with Crippen molar-refractivity contribution in [2.24, 2.45) is 0 Å². The quantitative estimate of drug-likeness (QED) is 0.179. The number of hydrogen-bond donors (Lipinski definition) is 2. The maximum Gasteiger partial charge on any atom is 0.190 e. The SMILES string of the molecule is CCN(CC)c1ccc2nc3c4cc(OCCCS[C@H]5O[C@@H](C)[C@@H](O)C[C@@H]5O)ccc4c(=O)cc-3oc2c1. The van der Waals surface area contributed by atoms with Crippen LogP contribution < -0.4 is 15.1 Å². The van der Waals surface area contributed by atoms with E-state index < -0.39 is 12.2 Å². The molecule has 1 fully saturated rings. The Morgan fingerprint density at radius 3 is 2.68 bits per heavy atom. The molecule has 0 spiro atoms. The van der Waals surface area contributed by atoms with Crippen molar-refractivity contribution in [3.63, 3.8) is 0 Å². The standard InChI is InChI=1S/C29H34N2O6S/c1-4-31(5-2)18-7-10-22-26(13-18)37-27-16-24(33)20-9-8-19(14-21(20)28(27)30-22)35-11-6-12-38-29-25(34)15-23(32)17(3)36-29/h7-10,13-14,16-17,23,25,29,32,34H,4-6,11-12,15H2,1-3H3/t17-,23-,25-,29+/m0/s1. The van der Waals surface area contributed by atoms with Gasteiger partial charge in [0.05, 0.1) is 24.9 Å². The molecular formula is C29H34N2O6S. The highest BCUT2D eigenvalue weighted by atomic mass is 32.2. The molecule has 2 aliphatic heterocycles. The van der Waals surface area contributed by atoms with Crippen molar-refractivity contribution >= 4 is 39.3 Å². The zero-order chi connectivity index (χ0) is 26.8. The molecular weight excluding hydrogens is 504 g/mol. The molecule has 0 bridgehead atoms. The summed E-state index contributed by atoms with van der Waals surface area (Å²) in [6.07, 6.45) is -0.516. The number of benzene rings is 3. The molecule has 0 amide bonds. The third-order valence-corrected chi connectivity index (χ3v) is 8.34. The Hall–Kier alpha value is -2.85. The lowest BCUT2D eigenvalue weighted by Gasteiger charge is -2.35. The Kier molecular flexibility index (Phi) is 8.09. The Balaban J connectivity index is 1.32. The number of aliphatic hydroxyl groups is 2. The van der Waals surface area contributed by atoms with E-state index in [1.165, 1.54) is 17.8 Å². The van der Waals surface area contributed by atoms with Crippen LogP contribution in [0, 0.1) is 0 Å². The normalized spacial score (nSPS) is 21.8. The van der Waals surface area contributed by atoms with Crippen LogP contribution in [0.1, 0.15) is 33.6 Å². The maximum absolute atomic E-state index is 12.8. The van der Waals surface area contributed by atoms with Crippen LogP contribution in [0.5, 0.6) is 5.75 Å². The van der Waals surface area contributed by atoms with Gasteiger partial charge in [0.1, 0.15) is 22.4 Å². The lowest BCUT2D eigenvalue weighted by Crippen LogP contribution is -2.44. The summed E-state index contributed by atoms with van der Waals surface area (Å²) >= 11 is 1.53. The van der Waals surface area contributed by atoms with E-state index >= 15 is 0 Å². The topological polar surface area (TPSA) is 105 Å². The number of anilines is 1. The number of fused-ring (bicyclic) bond motifs is 4. The molecule has 1 aliphatic carbocycles. The first kappa shape index (κ1) is 26.7. The van der Waals surface area contributed by atoms with Crippen LogP contribution in [-0.4, -0.2) is 64.4 Å². The van der Waals surface area contributed by atoms with Crippen LogP contribution in [0.25, 0.3) is 33.3 Å². The van der Waals surface area contributed by atoms with E-state index in [1.54, 1.807) is 12.1 Å². The molecule has 3 aliphatic rings. The van der Waals surface area contributed by atoms with Gasteiger partial charge in [-0.2, -0.15) is 0 Å². The third kappa shape index (κ3) is 5.47. The smallest absolute Gasteiger partial charge is 0.190 e. The number of aromatic nitrogens is 1. The summed E-state index contributed by atoms with van der Waals surface area (Å²) in [4.78, 5) is 19.9. The van der Waals surface area contributed by atoms with Crippen LogP contribution in [-0.2, 0) is 4.74 Å². The van der Waals surface area contributed by atoms with Crippen molar-refractivity contribution < 1.29 is 24.1 Å². The number of ether oxygens (including phenoxy) is 2. The summed E-state index contributed by atoms with van der Waals surface area (Å²) in [6.45, 7) is 8.29. The van der Waals surface area contributed by atoms with Gasteiger partial charge in [0, 0.05) is 48.1 Å². The first-order valence-corrected chi connectivity index (χ1v) is 14.2. The average Bonchev–Trinajstić information content (AvgIpc) is 2.91. The molecule has 1 saturated heterocycles. The first-order valence-electron chi connectivity index (χ1n) is 13.2. The maximum atomic E-state index is 12.8. The Bertz CT molecular complexity index is 1440. The predicted octanol–water partition coefficient (Wildman–Crippen LogP) is 4.65. The average molecular weight is 539 g/mol. The predicted molar refractivity (Wildman–Crippen MR) is 152 cm³/mol. The molecule has 0 radical (unpaired) electrons. The van der Waals surface area contributed by atoms with E-state index in [-0.39, 0.29) is 17.0 Å². The molecule has 2 aromatic rings. The van der Waals surface area contributed by atoms with Crippen LogP contribution >= 0.6 is 11.8 Å². The number of hydrogen-bond acceptors (Lipinski definition) is 9. The van der Waals surface area contributed by atoms with Crippen LogP contribution in [0.3, 0.4) is 0 Å². The van der Waals surface area contributed by atoms with Gasteiger partial charge in [-0.15, -0.1) is 11.8 Å². The summed E-state index contributed by atoms with van der Waals surface area (Å²) in [7, 11) is 0. The molecule has 5 rings (SSSR count). The van der Waals surface area contributed by atoms with Crippen molar-refractivity contribution in [2.75, 3.05) is 30.3 Å². The van der Waals surface area contributed by atoms with Crippen molar-refractivity contribution in [3.8, 4) is 17.2 Å². The summed E-state index contributed by atoms with van der Waals surface area (Å²) in [5.41, 5.74) is 2.59. The summed E-state index contributed by atoms with van der Waals surface area (Å²) < 4.78 is 17.9. The van der Waals surface area contributed by atoms with E-state index in [9.17, 15) is 15.0 Å². The molecule has 202 valence electrons. The lowest BCUT2D eigenvalue weighted by molar-refractivity contribution is -0.129. The van der Waals surface area contributed by atoms with Crippen molar-refractivity contribution in [1.82, 2.24) is 4.98 Å². The van der Waals surface area contributed by atoms with E-state index in [0.717, 1.165) is 36.5 Å². The van der Waals surface area contributed by atoms with E-state index in [4.69, 9.17) is 18.9 Å². The van der Waals surface area contributed by atoms with Gasteiger partial charge in [-0.05, 0) is 63.3 Å².